The summed E-state index contributed by atoms with van der Waals surface area (Å²) in [5.41, 5.74) is 2.03. The van der Waals surface area contributed by atoms with Crippen LogP contribution in [-0.2, 0) is 6.54 Å². The van der Waals surface area contributed by atoms with Gasteiger partial charge in [-0.2, -0.15) is 0 Å². The van der Waals surface area contributed by atoms with E-state index in [0.29, 0.717) is 28.8 Å². The van der Waals surface area contributed by atoms with Gasteiger partial charge in [-0.25, -0.2) is 4.98 Å². The minimum Gasteiger partial charge on any atom is -0.395 e. The Balaban J connectivity index is 1.59. The number of aromatic amines is 1. The number of H-pyrrole nitrogens is 1. The van der Waals surface area contributed by atoms with Crippen molar-refractivity contribution in [3.8, 4) is 0 Å². The molecule has 152 valence electrons. The third kappa shape index (κ3) is 2.98. The van der Waals surface area contributed by atoms with Gasteiger partial charge < -0.3 is 15.0 Å². The van der Waals surface area contributed by atoms with Crippen LogP contribution in [0.15, 0.2) is 59.5 Å². The van der Waals surface area contributed by atoms with Crippen LogP contribution in [0.1, 0.15) is 35.1 Å². The second kappa shape index (κ2) is 7.42. The maximum atomic E-state index is 13.4. The van der Waals surface area contributed by atoms with Crippen LogP contribution in [0.3, 0.4) is 0 Å². The van der Waals surface area contributed by atoms with E-state index in [2.05, 4.69) is 4.98 Å². The number of nitrogens with one attached hydrogen (secondary N) is 1. The Morgan fingerprint density at radius 3 is 2.93 bits per heavy atom. The molecule has 0 spiro atoms. The number of hydrogen-bond acceptors (Lipinski definition) is 4. The lowest BCUT2D eigenvalue weighted by molar-refractivity contribution is 0.0726. The van der Waals surface area contributed by atoms with Crippen molar-refractivity contribution in [3.05, 3.63) is 76.5 Å². The zero-order valence-corrected chi connectivity index (χ0v) is 16.4. The Labute approximate surface area is 172 Å². The highest BCUT2D eigenvalue weighted by molar-refractivity contribution is 5.98. The molecule has 2 N–H and O–H groups in total. The Bertz CT molecular complexity index is 1310. The molecule has 1 unspecified atom stereocenters. The van der Waals surface area contributed by atoms with Crippen LogP contribution < -0.4 is 5.56 Å². The van der Waals surface area contributed by atoms with E-state index in [4.69, 9.17) is 4.98 Å². The number of aliphatic hydroxyl groups excluding tert-OH is 1. The zero-order valence-electron chi connectivity index (χ0n) is 16.4. The molecule has 1 amide bonds. The molecule has 1 saturated heterocycles. The van der Waals surface area contributed by atoms with Crippen LogP contribution in [0.25, 0.3) is 21.8 Å². The average molecular weight is 402 g/mol. The van der Waals surface area contributed by atoms with Gasteiger partial charge in [0.05, 0.1) is 30.1 Å². The number of amides is 1. The smallest absolute Gasteiger partial charge is 0.261 e. The Hall–Kier alpha value is -3.45. The number of likely N-dealkylation sites (tertiary alicyclic amines) is 1. The van der Waals surface area contributed by atoms with Crippen molar-refractivity contribution in [2.24, 2.45) is 0 Å². The minimum absolute atomic E-state index is 0.0708. The molecule has 3 heterocycles. The maximum Gasteiger partial charge on any atom is 0.261 e. The summed E-state index contributed by atoms with van der Waals surface area (Å²) in [5.74, 6) is 0.472. The second-order valence-electron chi connectivity index (χ2n) is 7.60. The normalized spacial score (nSPS) is 16.6. The quantitative estimate of drug-likeness (QED) is 0.549. The monoisotopic (exact) mass is 402 g/mol. The highest BCUT2D eigenvalue weighted by Gasteiger charge is 2.34. The number of fused-ring (bicyclic) bond motifs is 2. The molecule has 5 rings (SSSR count). The van der Waals surface area contributed by atoms with Gasteiger partial charge in [0.1, 0.15) is 5.82 Å². The highest BCUT2D eigenvalue weighted by Crippen LogP contribution is 2.33. The highest BCUT2D eigenvalue weighted by atomic mass is 16.3. The van der Waals surface area contributed by atoms with Gasteiger partial charge in [0.25, 0.3) is 11.5 Å². The summed E-state index contributed by atoms with van der Waals surface area (Å²) in [6.45, 7) is 0.591. The van der Waals surface area contributed by atoms with E-state index in [0.717, 1.165) is 23.7 Å². The van der Waals surface area contributed by atoms with E-state index in [-0.39, 0.29) is 30.7 Å². The van der Waals surface area contributed by atoms with Crippen molar-refractivity contribution < 1.29 is 9.90 Å². The van der Waals surface area contributed by atoms with Crippen molar-refractivity contribution in [2.75, 3.05) is 13.2 Å². The molecular formula is C23H22N4O3. The van der Waals surface area contributed by atoms with E-state index < -0.39 is 0 Å². The topological polar surface area (TPSA) is 91.2 Å². The fourth-order valence-corrected chi connectivity index (χ4v) is 4.39. The molecule has 0 bridgehead atoms. The molecule has 1 fully saturated rings. The average Bonchev–Trinajstić information content (AvgIpc) is 3.44. The lowest BCUT2D eigenvalue weighted by Gasteiger charge is -2.26. The van der Waals surface area contributed by atoms with Crippen LogP contribution in [0.4, 0.5) is 0 Å². The van der Waals surface area contributed by atoms with Crippen molar-refractivity contribution in [1.82, 2.24) is 19.4 Å². The Morgan fingerprint density at radius 1 is 1.20 bits per heavy atom. The Morgan fingerprint density at radius 2 is 2.07 bits per heavy atom. The van der Waals surface area contributed by atoms with Crippen molar-refractivity contribution >= 4 is 27.7 Å². The molecule has 0 saturated carbocycles. The number of nitrogens with zero attached hydrogens (tertiary/aromatic N) is 3. The summed E-state index contributed by atoms with van der Waals surface area (Å²) in [4.78, 5) is 36.1. The van der Waals surface area contributed by atoms with E-state index in [1.54, 1.807) is 17.0 Å². The van der Waals surface area contributed by atoms with Crippen LogP contribution in [0, 0.1) is 0 Å². The van der Waals surface area contributed by atoms with E-state index >= 15 is 0 Å². The second-order valence-corrected chi connectivity index (χ2v) is 7.60. The summed E-state index contributed by atoms with van der Waals surface area (Å²) >= 11 is 0. The van der Waals surface area contributed by atoms with Gasteiger partial charge in [-0.15, -0.1) is 0 Å². The van der Waals surface area contributed by atoms with Gasteiger partial charge >= 0.3 is 0 Å². The predicted octanol–water partition coefficient (Wildman–Crippen LogP) is 2.85. The van der Waals surface area contributed by atoms with Crippen molar-refractivity contribution in [2.45, 2.75) is 25.4 Å². The molecule has 1 aliphatic heterocycles. The molecule has 30 heavy (non-hydrogen) atoms. The third-order valence-electron chi connectivity index (χ3n) is 5.83. The first-order chi connectivity index (χ1) is 14.7. The lowest BCUT2D eigenvalue weighted by atomic mass is 10.1. The third-order valence-corrected chi connectivity index (χ3v) is 5.83. The molecule has 4 aromatic rings. The van der Waals surface area contributed by atoms with Gasteiger partial charge in [-0.05, 0) is 49.2 Å². The SMILES string of the molecule is O=C(c1ccc2[nH]ccc2c1)N1CCCC1c1nc2ccccc2c(=O)n1CCO. The van der Waals surface area contributed by atoms with Gasteiger partial charge in [-0.1, -0.05) is 12.1 Å². The van der Waals surface area contributed by atoms with E-state index in [1.165, 1.54) is 4.57 Å². The van der Waals surface area contributed by atoms with E-state index in [1.807, 2.05) is 42.6 Å². The van der Waals surface area contributed by atoms with E-state index in [9.17, 15) is 14.7 Å². The molecule has 0 radical (unpaired) electrons. The number of para-hydroxylation sites is 1. The van der Waals surface area contributed by atoms with Gasteiger partial charge in [-0.3, -0.25) is 14.2 Å². The van der Waals surface area contributed by atoms with Gasteiger partial charge in [0, 0.05) is 29.2 Å². The number of carbonyl (C=O) groups excluding carboxylic acids is 1. The summed E-state index contributed by atoms with van der Waals surface area (Å²) in [6.07, 6.45) is 3.42. The minimum atomic E-state index is -0.303. The standard InChI is InChI=1S/C23H22N4O3/c28-13-12-27-21(25-19-5-2-1-4-17(19)23(27)30)20-6-3-11-26(20)22(29)16-7-8-18-15(14-16)9-10-24-18/h1-2,4-5,7-10,14,20,24,28H,3,6,11-13H2. The molecule has 7 heteroatoms. The maximum absolute atomic E-state index is 13.4. The number of aliphatic hydroxyl groups is 1. The number of hydrogen-bond donors (Lipinski definition) is 2. The van der Waals surface area contributed by atoms with Gasteiger partial charge in [0.2, 0.25) is 0 Å². The predicted molar refractivity (Wildman–Crippen MR) is 114 cm³/mol. The van der Waals surface area contributed by atoms with Crippen LogP contribution in [-0.4, -0.2) is 43.6 Å². The molecule has 2 aromatic heterocycles. The zero-order chi connectivity index (χ0) is 20.7. The molecule has 1 atom stereocenters. The molecule has 7 nitrogen and oxygen atoms in total. The van der Waals surface area contributed by atoms with Crippen LogP contribution >= 0.6 is 0 Å². The number of benzene rings is 2. The van der Waals surface area contributed by atoms with Crippen LogP contribution in [0.2, 0.25) is 0 Å². The summed E-state index contributed by atoms with van der Waals surface area (Å²) in [6, 6.07) is 14.5. The first-order valence-electron chi connectivity index (χ1n) is 10.2. The molecule has 2 aromatic carbocycles. The first kappa shape index (κ1) is 18.6. The first-order valence-corrected chi connectivity index (χ1v) is 10.2. The van der Waals surface area contributed by atoms with Crippen molar-refractivity contribution in [3.63, 3.8) is 0 Å². The molecular weight excluding hydrogens is 380 g/mol. The number of carbonyl (C=O) groups is 1. The number of rotatable bonds is 4. The summed E-state index contributed by atoms with van der Waals surface area (Å²) in [5, 5.41) is 11.0. The Kier molecular flexibility index (Phi) is 4.59. The number of aromatic nitrogens is 3. The lowest BCUT2D eigenvalue weighted by Crippen LogP contribution is -2.36. The molecule has 0 aliphatic carbocycles. The summed E-state index contributed by atoms with van der Waals surface area (Å²) < 4.78 is 1.52. The van der Waals surface area contributed by atoms with Crippen LogP contribution in [0.5, 0.6) is 0 Å². The fraction of sp³-hybridized carbons (Fsp3) is 0.261. The summed E-state index contributed by atoms with van der Waals surface area (Å²) in [7, 11) is 0. The molecule has 1 aliphatic rings. The largest absolute Gasteiger partial charge is 0.395 e. The van der Waals surface area contributed by atoms with Gasteiger partial charge in [0.15, 0.2) is 0 Å². The fourth-order valence-electron chi connectivity index (χ4n) is 4.39. The van der Waals surface area contributed by atoms with Crippen molar-refractivity contribution in [1.29, 1.82) is 0 Å².